The average molecular weight is 401 g/mol. The Hall–Kier alpha value is -2.05. The fourth-order valence-corrected chi connectivity index (χ4v) is 4.39. The van der Waals surface area contributed by atoms with Gasteiger partial charge < -0.3 is 4.74 Å². The minimum Gasteiger partial charge on any atom is -0.445 e. The van der Waals surface area contributed by atoms with E-state index in [-0.39, 0.29) is 12.7 Å². The van der Waals surface area contributed by atoms with Crippen LogP contribution in [0.25, 0.3) is 0 Å². The zero-order chi connectivity index (χ0) is 20.7. The third-order valence-electron chi connectivity index (χ3n) is 6.84. The summed E-state index contributed by atoms with van der Waals surface area (Å²) in [6.45, 7) is 8.90. The molecule has 1 aromatic carbocycles. The molecule has 0 bridgehead atoms. The number of carbonyl (C=O) groups is 1. The van der Waals surface area contributed by atoms with Gasteiger partial charge in [0.05, 0.1) is 11.2 Å². The topological polar surface area (TPSA) is 51.2 Å². The van der Waals surface area contributed by atoms with E-state index in [2.05, 4.69) is 6.08 Å². The number of hydrogen-bond acceptors (Lipinski definition) is 5. The van der Waals surface area contributed by atoms with Crippen molar-refractivity contribution in [3.63, 3.8) is 0 Å². The number of benzene rings is 1. The number of rotatable bonds is 3. The van der Waals surface area contributed by atoms with E-state index in [9.17, 15) is 4.79 Å². The normalized spacial score (nSPS) is 24.6. The molecule has 1 aliphatic carbocycles. The van der Waals surface area contributed by atoms with Crippen molar-refractivity contribution in [2.75, 3.05) is 6.54 Å². The van der Waals surface area contributed by atoms with Gasteiger partial charge in [-0.05, 0) is 52.2 Å². The molecule has 1 aromatic rings. The summed E-state index contributed by atoms with van der Waals surface area (Å²) in [7, 11) is 0. The number of ether oxygens (including phenoxy) is 1. The molecule has 6 heteroatoms. The smallest absolute Gasteiger partial charge is 0.411 e. The van der Waals surface area contributed by atoms with Gasteiger partial charge in [0, 0.05) is 6.54 Å². The van der Waals surface area contributed by atoms with Crippen molar-refractivity contribution in [1.82, 2.24) is 10.1 Å². The van der Waals surface area contributed by atoms with Crippen LogP contribution in [0.5, 0.6) is 0 Å². The highest BCUT2D eigenvalue weighted by Crippen LogP contribution is 2.49. The largest absolute Gasteiger partial charge is 0.445 e. The Morgan fingerprint density at radius 1 is 1.00 bits per heavy atom. The summed E-state index contributed by atoms with van der Waals surface area (Å²) in [5.41, 5.74) is 0.561. The Morgan fingerprint density at radius 2 is 1.62 bits per heavy atom. The van der Waals surface area contributed by atoms with E-state index in [4.69, 9.17) is 14.4 Å². The van der Waals surface area contributed by atoms with Crippen molar-refractivity contribution in [2.24, 2.45) is 0 Å². The van der Waals surface area contributed by atoms with Crippen molar-refractivity contribution in [2.45, 2.75) is 83.1 Å². The predicted molar refractivity (Wildman–Crippen MR) is 109 cm³/mol. The Balaban J connectivity index is 1.53. The van der Waals surface area contributed by atoms with E-state index >= 15 is 0 Å². The second kappa shape index (κ2) is 7.33. The zero-order valence-electron chi connectivity index (χ0n) is 17.9. The second-order valence-corrected chi connectivity index (χ2v) is 9.29. The lowest BCUT2D eigenvalue weighted by Gasteiger charge is -2.44. The minimum atomic E-state index is -0.467. The first-order chi connectivity index (χ1) is 13.8. The van der Waals surface area contributed by atoms with Crippen molar-refractivity contribution in [3.8, 4) is 0 Å². The summed E-state index contributed by atoms with van der Waals surface area (Å²) in [6, 6.07) is 9.79. The molecule has 1 saturated heterocycles. The third-order valence-corrected chi connectivity index (χ3v) is 6.84. The Labute approximate surface area is 173 Å². The van der Waals surface area contributed by atoms with Crippen molar-refractivity contribution in [3.05, 3.63) is 47.7 Å². The van der Waals surface area contributed by atoms with E-state index in [0.717, 1.165) is 36.9 Å². The summed E-state index contributed by atoms with van der Waals surface area (Å²) < 4.78 is 5.69. The van der Waals surface area contributed by atoms with Crippen LogP contribution in [0.1, 0.15) is 65.4 Å². The van der Waals surface area contributed by atoms with Gasteiger partial charge in [-0.25, -0.2) is 14.5 Å². The highest BCUT2D eigenvalue weighted by Gasteiger charge is 2.56. The van der Waals surface area contributed by atoms with Crippen molar-refractivity contribution in [1.29, 1.82) is 0 Å². The molecular formula is C23H32N2O4. The fourth-order valence-electron chi connectivity index (χ4n) is 4.39. The molecule has 29 heavy (non-hydrogen) atoms. The van der Waals surface area contributed by atoms with E-state index < -0.39 is 16.7 Å². The molecule has 2 heterocycles. The summed E-state index contributed by atoms with van der Waals surface area (Å²) in [6.07, 6.45) is 6.89. The first-order valence-electron chi connectivity index (χ1n) is 10.6. The first-order valence-corrected chi connectivity index (χ1v) is 10.6. The van der Waals surface area contributed by atoms with E-state index in [1.165, 1.54) is 6.42 Å². The lowest BCUT2D eigenvalue weighted by Crippen LogP contribution is -2.53. The zero-order valence-corrected chi connectivity index (χ0v) is 17.9. The highest BCUT2D eigenvalue weighted by molar-refractivity contribution is 5.71. The monoisotopic (exact) mass is 400 g/mol. The number of amides is 1. The molecule has 4 rings (SSSR count). The van der Waals surface area contributed by atoms with Gasteiger partial charge in [0.1, 0.15) is 17.8 Å². The fraction of sp³-hybridized carbons (Fsp3) is 0.609. The molecule has 0 atom stereocenters. The maximum atomic E-state index is 13.1. The lowest BCUT2D eigenvalue weighted by molar-refractivity contribution is -0.310. The van der Waals surface area contributed by atoms with Crippen LogP contribution in [0.4, 0.5) is 4.79 Å². The van der Waals surface area contributed by atoms with Crippen LogP contribution in [0.15, 0.2) is 42.1 Å². The molecule has 3 aliphatic rings. The molecular weight excluding hydrogens is 368 g/mol. The minimum absolute atomic E-state index is 0.276. The summed E-state index contributed by atoms with van der Waals surface area (Å²) >= 11 is 0. The molecule has 0 radical (unpaired) electrons. The van der Waals surface area contributed by atoms with Crippen LogP contribution >= 0.6 is 0 Å². The standard InChI is InChI=1S/C23H32N2O4/c1-21(2)22(3,4)29-25(28-21)19-13-16-24(23(19)14-9-6-10-15-23)20(26)27-17-18-11-7-5-8-12-18/h5,7-8,11-13H,6,9-10,14-17H2,1-4H3. The van der Waals surface area contributed by atoms with E-state index in [0.29, 0.717) is 6.54 Å². The molecule has 2 aliphatic heterocycles. The average Bonchev–Trinajstić information content (AvgIpc) is 3.14. The van der Waals surface area contributed by atoms with Gasteiger partial charge in [-0.2, -0.15) is 0 Å². The van der Waals surface area contributed by atoms with Gasteiger partial charge in [-0.3, -0.25) is 4.90 Å². The Kier molecular flexibility index (Phi) is 5.11. The van der Waals surface area contributed by atoms with Crippen molar-refractivity contribution >= 4 is 6.09 Å². The van der Waals surface area contributed by atoms with Gasteiger partial charge in [0.25, 0.3) is 0 Å². The summed E-state index contributed by atoms with van der Waals surface area (Å²) in [4.78, 5) is 27.3. The molecule has 1 saturated carbocycles. The highest BCUT2D eigenvalue weighted by atomic mass is 17.0. The third kappa shape index (κ3) is 3.53. The van der Waals surface area contributed by atoms with Gasteiger partial charge in [-0.1, -0.05) is 49.6 Å². The Morgan fingerprint density at radius 3 is 2.24 bits per heavy atom. The molecule has 0 unspecified atom stereocenters. The van der Waals surface area contributed by atoms with E-state index in [1.807, 2.05) is 62.9 Å². The van der Waals surface area contributed by atoms with Gasteiger partial charge in [-0.15, -0.1) is 5.23 Å². The van der Waals surface area contributed by atoms with Crippen LogP contribution in [0.3, 0.4) is 0 Å². The van der Waals surface area contributed by atoms with E-state index in [1.54, 1.807) is 5.23 Å². The van der Waals surface area contributed by atoms with Gasteiger partial charge >= 0.3 is 6.09 Å². The van der Waals surface area contributed by atoms with Crippen molar-refractivity contribution < 1.29 is 19.2 Å². The van der Waals surface area contributed by atoms with Crippen LogP contribution < -0.4 is 0 Å². The molecule has 1 spiro atoms. The van der Waals surface area contributed by atoms with Gasteiger partial charge in [0.2, 0.25) is 0 Å². The lowest BCUT2D eigenvalue weighted by atomic mass is 9.79. The maximum absolute atomic E-state index is 13.1. The Bertz CT molecular complexity index is 765. The molecule has 0 N–H and O–H groups in total. The molecule has 2 fully saturated rings. The number of nitrogens with zero attached hydrogens (tertiary/aromatic N) is 2. The molecule has 0 aromatic heterocycles. The number of carbonyl (C=O) groups excluding carboxylic acids is 1. The maximum Gasteiger partial charge on any atom is 0.411 e. The molecule has 1 amide bonds. The predicted octanol–water partition coefficient (Wildman–Crippen LogP) is 4.96. The summed E-state index contributed by atoms with van der Waals surface area (Å²) in [5.74, 6) is 0. The van der Waals surface area contributed by atoms with Crippen LogP contribution in [0.2, 0.25) is 0 Å². The first kappa shape index (κ1) is 20.2. The van der Waals surface area contributed by atoms with Crippen LogP contribution in [-0.4, -0.2) is 39.5 Å². The van der Waals surface area contributed by atoms with Crippen LogP contribution in [-0.2, 0) is 21.0 Å². The quantitative estimate of drug-likeness (QED) is 0.718. The van der Waals surface area contributed by atoms with Gasteiger partial charge in [0.15, 0.2) is 0 Å². The molecule has 6 nitrogen and oxygen atoms in total. The second-order valence-electron chi connectivity index (χ2n) is 9.29. The number of hydrogen-bond donors (Lipinski definition) is 0. The SMILES string of the molecule is CC1(C)ON(C2=CCN(C(=O)OCc3ccccc3)C23CCCCC3)OC1(C)C. The molecule has 158 valence electrons. The van der Waals surface area contributed by atoms with Crippen LogP contribution in [0, 0.1) is 0 Å². The summed E-state index contributed by atoms with van der Waals surface area (Å²) in [5, 5.41) is 1.58. The number of hydroxylamine groups is 2.